The van der Waals surface area contributed by atoms with Crippen LogP contribution in [0, 0.1) is 18.8 Å². The summed E-state index contributed by atoms with van der Waals surface area (Å²) >= 11 is 0. The minimum Gasteiger partial charge on any atom is -0.465 e. The van der Waals surface area contributed by atoms with Crippen LogP contribution in [0.25, 0.3) is 0 Å². The molecule has 0 radical (unpaired) electrons. The van der Waals surface area contributed by atoms with E-state index in [9.17, 15) is 9.59 Å². The molecule has 0 aromatic carbocycles. The number of esters is 1. The second-order valence-corrected chi connectivity index (χ2v) is 5.10. The van der Waals surface area contributed by atoms with Crippen LogP contribution in [-0.2, 0) is 16.1 Å². The van der Waals surface area contributed by atoms with E-state index in [1.54, 1.807) is 13.0 Å². The van der Waals surface area contributed by atoms with E-state index in [1.807, 2.05) is 6.92 Å². The maximum absolute atomic E-state index is 12.0. The zero-order valence-electron chi connectivity index (χ0n) is 12.4. The van der Waals surface area contributed by atoms with Crippen LogP contribution < -0.4 is 10.6 Å². The number of ether oxygens (including phenoxy) is 1. The number of halogens is 1. The molecule has 1 saturated heterocycles. The van der Waals surface area contributed by atoms with Gasteiger partial charge in [-0.1, -0.05) is 6.92 Å². The summed E-state index contributed by atoms with van der Waals surface area (Å²) in [5.41, 5.74) is 0.396. The highest BCUT2D eigenvalue weighted by molar-refractivity contribution is 5.90. The predicted molar refractivity (Wildman–Crippen MR) is 79.4 cm³/mol. The summed E-state index contributed by atoms with van der Waals surface area (Å²) in [5, 5.41) is 5.98. The van der Waals surface area contributed by atoms with E-state index in [-0.39, 0.29) is 30.8 Å². The molecule has 2 heterocycles. The van der Waals surface area contributed by atoms with Gasteiger partial charge >= 0.3 is 5.97 Å². The molecule has 1 amide bonds. The van der Waals surface area contributed by atoms with Gasteiger partial charge in [-0.25, -0.2) is 4.79 Å². The molecule has 2 N–H and O–H groups in total. The van der Waals surface area contributed by atoms with Crippen molar-refractivity contribution in [3.8, 4) is 0 Å². The number of aryl methyl sites for hydroxylation is 1. The van der Waals surface area contributed by atoms with Gasteiger partial charge in [-0.2, -0.15) is 0 Å². The van der Waals surface area contributed by atoms with Gasteiger partial charge in [0.05, 0.1) is 13.7 Å². The first-order valence-corrected chi connectivity index (χ1v) is 6.69. The van der Waals surface area contributed by atoms with Crippen molar-refractivity contribution in [2.24, 2.45) is 11.8 Å². The van der Waals surface area contributed by atoms with Gasteiger partial charge in [0, 0.05) is 5.92 Å². The van der Waals surface area contributed by atoms with Crippen molar-refractivity contribution in [1.29, 1.82) is 0 Å². The van der Waals surface area contributed by atoms with E-state index < -0.39 is 5.97 Å². The predicted octanol–water partition coefficient (Wildman–Crippen LogP) is 1.27. The summed E-state index contributed by atoms with van der Waals surface area (Å²) in [7, 11) is 1.32. The van der Waals surface area contributed by atoms with Gasteiger partial charge in [-0.05, 0) is 32.0 Å². The molecular weight excluding hydrogens is 296 g/mol. The molecule has 1 atom stereocenters. The molecular formula is C14H21ClN2O4. The summed E-state index contributed by atoms with van der Waals surface area (Å²) in [6.45, 7) is 5.68. The van der Waals surface area contributed by atoms with Gasteiger partial charge in [0.1, 0.15) is 17.1 Å². The normalized spacial score (nSPS) is 15.6. The number of hydrogen-bond donors (Lipinski definition) is 2. The Kier molecular flexibility index (Phi) is 6.23. The van der Waals surface area contributed by atoms with E-state index in [0.717, 1.165) is 13.1 Å². The molecule has 1 aliphatic heterocycles. The summed E-state index contributed by atoms with van der Waals surface area (Å²) in [6.07, 6.45) is 0. The van der Waals surface area contributed by atoms with Crippen LogP contribution in [0.3, 0.4) is 0 Å². The fourth-order valence-electron chi connectivity index (χ4n) is 2.16. The summed E-state index contributed by atoms with van der Waals surface area (Å²) in [5.74, 6) is 1.00. The van der Waals surface area contributed by atoms with Crippen LogP contribution in [-0.4, -0.2) is 32.1 Å². The third-order valence-electron chi connectivity index (χ3n) is 3.74. The standard InChI is InChI=1S/C14H20N2O4.ClH/c1-8(10-5-15-6-10)13(17)16-7-11-4-12(9(2)20-11)14(18)19-3;/h4,8,10,15H,5-7H2,1-3H3,(H,16,17);1H. The average Bonchev–Trinajstić information content (AvgIpc) is 2.74. The molecule has 0 aliphatic carbocycles. The Bertz CT molecular complexity index is 511. The van der Waals surface area contributed by atoms with Gasteiger partial charge in [-0.15, -0.1) is 12.4 Å². The number of carbonyl (C=O) groups excluding carboxylic acids is 2. The van der Waals surface area contributed by atoms with Crippen molar-refractivity contribution >= 4 is 24.3 Å². The van der Waals surface area contributed by atoms with E-state index >= 15 is 0 Å². The number of carbonyl (C=O) groups is 2. The lowest BCUT2D eigenvalue weighted by atomic mass is 9.88. The SMILES string of the molecule is COC(=O)c1cc(CNC(=O)C(C)C2CNC2)oc1C.Cl. The molecule has 0 spiro atoms. The minimum atomic E-state index is -0.433. The lowest BCUT2D eigenvalue weighted by molar-refractivity contribution is -0.126. The van der Waals surface area contributed by atoms with Crippen molar-refractivity contribution in [3.63, 3.8) is 0 Å². The Hall–Kier alpha value is -1.53. The Labute approximate surface area is 130 Å². The molecule has 1 fully saturated rings. The Balaban J connectivity index is 0.00000220. The molecule has 0 saturated carbocycles. The first kappa shape index (κ1) is 17.5. The van der Waals surface area contributed by atoms with Crippen LogP contribution >= 0.6 is 12.4 Å². The second kappa shape index (κ2) is 7.47. The third-order valence-corrected chi connectivity index (χ3v) is 3.74. The molecule has 2 rings (SSSR count). The molecule has 118 valence electrons. The van der Waals surface area contributed by atoms with Crippen molar-refractivity contribution in [3.05, 3.63) is 23.2 Å². The highest BCUT2D eigenvalue weighted by Crippen LogP contribution is 2.18. The maximum Gasteiger partial charge on any atom is 0.341 e. The van der Waals surface area contributed by atoms with E-state index in [2.05, 4.69) is 15.4 Å². The van der Waals surface area contributed by atoms with Crippen LogP contribution in [0.1, 0.15) is 28.8 Å². The third kappa shape index (κ3) is 3.98. The number of methoxy groups -OCH3 is 1. The number of rotatable bonds is 5. The Morgan fingerprint density at radius 1 is 1.52 bits per heavy atom. The lowest BCUT2D eigenvalue weighted by Crippen LogP contribution is -2.49. The molecule has 21 heavy (non-hydrogen) atoms. The minimum absolute atomic E-state index is 0. The summed E-state index contributed by atoms with van der Waals surface area (Å²) < 4.78 is 10.1. The number of hydrogen-bond acceptors (Lipinski definition) is 5. The smallest absolute Gasteiger partial charge is 0.341 e. The van der Waals surface area contributed by atoms with Gasteiger partial charge in [0.25, 0.3) is 0 Å². The van der Waals surface area contributed by atoms with Crippen molar-refractivity contribution in [2.75, 3.05) is 20.2 Å². The van der Waals surface area contributed by atoms with Gasteiger partial charge in [-0.3, -0.25) is 4.79 Å². The fourth-order valence-corrected chi connectivity index (χ4v) is 2.16. The van der Waals surface area contributed by atoms with E-state index in [1.165, 1.54) is 7.11 Å². The summed E-state index contributed by atoms with van der Waals surface area (Å²) in [4.78, 5) is 23.4. The zero-order chi connectivity index (χ0) is 14.7. The van der Waals surface area contributed by atoms with Gasteiger partial charge in [0.2, 0.25) is 5.91 Å². The molecule has 1 aromatic rings. The van der Waals surface area contributed by atoms with E-state index in [0.29, 0.717) is 23.0 Å². The highest BCUT2D eigenvalue weighted by Gasteiger charge is 2.28. The Morgan fingerprint density at radius 3 is 2.71 bits per heavy atom. The first-order chi connectivity index (χ1) is 9.52. The zero-order valence-corrected chi connectivity index (χ0v) is 13.2. The van der Waals surface area contributed by atoms with Crippen molar-refractivity contribution in [2.45, 2.75) is 20.4 Å². The van der Waals surface area contributed by atoms with Crippen LogP contribution in [0.4, 0.5) is 0 Å². The monoisotopic (exact) mass is 316 g/mol. The van der Waals surface area contributed by atoms with Crippen LogP contribution in [0.5, 0.6) is 0 Å². The van der Waals surface area contributed by atoms with Gasteiger partial charge in [0.15, 0.2) is 0 Å². The molecule has 7 heteroatoms. The average molecular weight is 317 g/mol. The first-order valence-electron chi connectivity index (χ1n) is 6.69. The molecule has 1 aliphatic rings. The lowest BCUT2D eigenvalue weighted by Gasteiger charge is -2.31. The van der Waals surface area contributed by atoms with Crippen molar-refractivity contribution < 1.29 is 18.7 Å². The Morgan fingerprint density at radius 2 is 2.19 bits per heavy atom. The molecule has 0 bridgehead atoms. The molecule has 1 unspecified atom stereocenters. The van der Waals surface area contributed by atoms with Crippen molar-refractivity contribution in [1.82, 2.24) is 10.6 Å². The van der Waals surface area contributed by atoms with E-state index in [4.69, 9.17) is 4.42 Å². The maximum atomic E-state index is 12.0. The molecule has 1 aromatic heterocycles. The van der Waals surface area contributed by atoms with Gasteiger partial charge < -0.3 is 19.8 Å². The van der Waals surface area contributed by atoms with Crippen LogP contribution in [0.15, 0.2) is 10.5 Å². The molecule has 6 nitrogen and oxygen atoms in total. The second-order valence-electron chi connectivity index (χ2n) is 5.10. The fraction of sp³-hybridized carbons (Fsp3) is 0.571. The quantitative estimate of drug-likeness (QED) is 0.800. The summed E-state index contributed by atoms with van der Waals surface area (Å²) in [6, 6.07) is 1.61. The highest BCUT2D eigenvalue weighted by atomic mass is 35.5. The number of furan rings is 1. The van der Waals surface area contributed by atoms with Crippen LogP contribution in [0.2, 0.25) is 0 Å². The largest absolute Gasteiger partial charge is 0.465 e. The topological polar surface area (TPSA) is 80.6 Å². The number of amides is 1. The number of nitrogens with one attached hydrogen (secondary N) is 2.